The van der Waals surface area contributed by atoms with Crippen molar-refractivity contribution in [3.05, 3.63) is 41.6 Å². The molecule has 4 heterocycles. The molecule has 2 atom stereocenters. The van der Waals surface area contributed by atoms with Crippen molar-refractivity contribution in [2.75, 3.05) is 50.2 Å². The molecule has 0 aromatic carbocycles. The Morgan fingerprint density at radius 3 is 2.60 bits per heavy atom. The number of β-lactam (4-membered cyclic amide) rings is 1. The van der Waals surface area contributed by atoms with E-state index >= 15 is 0 Å². The molecular formula is C26H34N9O8S2+. The second-order valence-corrected chi connectivity index (χ2v) is 12.2. The number of esters is 1. The number of nitrogens with two attached hydrogens (primary N) is 1. The molecule has 0 radical (unpaired) electrons. The number of oxime groups is 1. The fourth-order valence-corrected chi connectivity index (χ4v) is 5.98. The Hall–Kier alpha value is -4.33. The summed E-state index contributed by atoms with van der Waals surface area (Å²) < 4.78 is 10.8. The number of anilines is 2. The van der Waals surface area contributed by atoms with Crippen molar-refractivity contribution in [3.63, 3.8) is 0 Å². The summed E-state index contributed by atoms with van der Waals surface area (Å²) in [4.78, 5) is 61.3. The number of thioether (sulfide) groups is 1. The number of rotatable bonds is 15. The van der Waals surface area contributed by atoms with Gasteiger partial charge in [-0.3, -0.25) is 14.5 Å². The fraction of sp³-hybridized carbons (Fsp3) is 0.462. The van der Waals surface area contributed by atoms with Crippen LogP contribution in [0, 0.1) is 0 Å². The number of aliphatic hydroxyl groups excluding tert-OH is 1. The second kappa shape index (κ2) is 14.6. The maximum absolute atomic E-state index is 13.4. The van der Waals surface area contributed by atoms with Gasteiger partial charge in [-0.05, 0) is 13.8 Å². The standard InChI is InChI=1S/C26H33N9O8S2/c1-26(2,24(40)41)43-32-16(19-31-25(27)45-33-19)20(37)30-17-21(38)35-18(23(39)42-3)14(13-44-22(17)35)12-34-9-4-15(5-10-34)29-7-6-28-8-11-36/h4-5,9-10,17,22,28,36H,6-8,11-13H2,1-3H3,(H4,27,30,31,33,37,40,41)/p+1/b32-16-. The van der Waals surface area contributed by atoms with Crippen LogP contribution in [0.4, 0.5) is 10.8 Å². The molecule has 0 aliphatic carbocycles. The first-order valence-electron chi connectivity index (χ1n) is 13.7. The predicted molar refractivity (Wildman–Crippen MR) is 163 cm³/mol. The van der Waals surface area contributed by atoms with Gasteiger partial charge in [-0.2, -0.15) is 9.36 Å². The quantitative estimate of drug-likeness (QED) is 0.0318. The third-order valence-corrected chi connectivity index (χ3v) is 8.53. The summed E-state index contributed by atoms with van der Waals surface area (Å²) in [5, 5.41) is 30.2. The molecule has 2 aromatic rings. The molecule has 1 fully saturated rings. The number of ether oxygens (including phenoxy) is 1. The molecule has 1 saturated heterocycles. The van der Waals surface area contributed by atoms with Gasteiger partial charge in [0.05, 0.1) is 13.7 Å². The number of nitrogens with one attached hydrogen (secondary N) is 3. The van der Waals surface area contributed by atoms with Crippen LogP contribution in [0.25, 0.3) is 0 Å². The maximum atomic E-state index is 13.4. The van der Waals surface area contributed by atoms with E-state index in [1.807, 2.05) is 29.1 Å². The second-order valence-electron chi connectivity index (χ2n) is 10.3. The summed E-state index contributed by atoms with van der Waals surface area (Å²) in [6.45, 7) is 4.76. The molecule has 2 aliphatic rings. The number of pyridine rings is 1. The first kappa shape index (κ1) is 33.6. The Kier molecular flexibility index (Phi) is 10.9. The smallest absolute Gasteiger partial charge is 0.355 e. The number of carboxylic acids is 1. The number of hydrogen-bond donors (Lipinski definition) is 6. The number of nitrogens with zero attached hydrogens (tertiary/aromatic N) is 5. The number of methoxy groups -OCH3 is 1. The Morgan fingerprint density at radius 2 is 1.98 bits per heavy atom. The molecule has 7 N–H and O–H groups in total. The van der Waals surface area contributed by atoms with Crippen LogP contribution in [0.2, 0.25) is 0 Å². The average Bonchev–Trinajstić information content (AvgIpc) is 3.45. The van der Waals surface area contributed by atoms with E-state index in [0.29, 0.717) is 37.5 Å². The summed E-state index contributed by atoms with van der Waals surface area (Å²) in [5.74, 6) is -3.28. The molecule has 2 amide bonds. The zero-order valence-corrected chi connectivity index (χ0v) is 26.3. The van der Waals surface area contributed by atoms with E-state index in [0.717, 1.165) is 17.2 Å². The molecule has 45 heavy (non-hydrogen) atoms. The first-order chi connectivity index (χ1) is 21.5. The van der Waals surface area contributed by atoms with Gasteiger partial charge >= 0.3 is 11.9 Å². The first-order valence-corrected chi connectivity index (χ1v) is 15.5. The number of amides is 2. The summed E-state index contributed by atoms with van der Waals surface area (Å²) in [5.41, 5.74) is 5.07. The van der Waals surface area contributed by atoms with E-state index in [4.69, 9.17) is 20.4 Å². The number of carbonyl (C=O) groups is 4. The van der Waals surface area contributed by atoms with Crippen molar-refractivity contribution in [1.29, 1.82) is 0 Å². The predicted octanol–water partition coefficient (Wildman–Crippen LogP) is -1.49. The van der Waals surface area contributed by atoms with Gasteiger partial charge in [0.15, 0.2) is 24.1 Å². The molecule has 0 bridgehead atoms. The molecule has 0 spiro atoms. The highest BCUT2D eigenvalue weighted by Gasteiger charge is 2.55. The van der Waals surface area contributed by atoms with E-state index in [-0.39, 0.29) is 23.3 Å². The molecule has 19 heteroatoms. The summed E-state index contributed by atoms with van der Waals surface area (Å²) in [7, 11) is 1.23. The molecular weight excluding hydrogens is 630 g/mol. The number of hydrogen-bond acceptors (Lipinski definition) is 15. The van der Waals surface area contributed by atoms with E-state index in [1.54, 1.807) is 0 Å². The van der Waals surface area contributed by atoms with Crippen LogP contribution >= 0.6 is 23.3 Å². The minimum absolute atomic E-state index is 0.0347. The Bertz CT molecular complexity index is 1500. The molecule has 2 unspecified atom stereocenters. The van der Waals surface area contributed by atoms with Crippen molar-refractivity contribution >= 4 is 63.6 Å². The number of carboxylic acid groups (broad SMARTS) is 1. The Morgan fingerprint density at radius 1 is 1.24 bits per heavy atom. The van der Waals surface area contributed by atoms with Gasteiger partial charge in [0.2, 0.25) is 17.1 Å². The van der Waals surface area contributed by atoms with Crippen molar-refractivity contribution < 1.29 is 43.5 Å². The van der Waals surface area contributed by atoms with Gasteiger partial charge in [-0.25, -0.2) is 14.2 Å². The number of aliphatic hydroxyl groups is 1. The van der Waals surface area contributed by atoms with E-state index < -0.39 is 46.5 Å². The van der Waals surface area contributed by atoms with Gasteiger partial charge in [0.1, 0.15) is 17.1 Å². The highest BCUT2D eigenvalue weighted by molar-refractivity contribution is 8.00. The van der Waals surface area contributed by atoms with Crippen LogP contribution in [0.5, 0.6) is 0 Å². The number of carbonyl (C=O) groups excluding carboxylic acids is 3. The lowest BCUT2D eigenvalue weighted by Crippen LogP contribution is -2.71. The van der Waals surface area contributed by atoms with E-state index in [2.05, 4.69) is 30.5 Å². The van der Waals surface area contributed by atoms with E-state index in [9.17, 15) is 24.3 Å². The van der Waals surface area contributed by atoms with Gasteiger partial charge in [0, 0.05) is 60.3 Å². The lowest BCUT2D eigenvalue weighted by Gasteiger charge is -2.49. The topological polar surface area (TPSA) is 235 Å². The normalized spacial score (nSPS) is 18.2. The molecule has 2 aromatic heterocycles. The van der Waals surface area contributed by atoms with Crippen LogP contribution in [0.1, 0.15) is 19.7 Å². The van der Waals surface area contributed by atoms with Crippen molar-refractivity contribution in [3.8, 4) is 0 Å². The molecule has 242 valence electrons. The largest absolute Gasteiger partial charge is 0.478 e. The molecule has 17 nitrogen and oxygen atoms in total. The zero-order chi connectivity index (χ0) is 32.7. The van der Waals surface area contributed by atoms with Crippen molar-refractivity contribution in [2.45, 2.75) is 37.4 Å². The van der Waals surface area contributed by atoms with Gasteiger partial charge in [-0.15, -0.1) is 11.8 Å². The van der Waals surface area contributed by atoms with Crippen LogP contribution in [0.3, 0.4) is 0 Å². The fourth-order valence-electron chi connectivity index (χ4n) is 4.21. The minimum atomic E-state index is -1.78. The van der Waals surface area contributed by atoms with Crippen molar-refractivity contribution in [1.82, 2.24) is 24.9 Å². The molecule has 0 saturated carbocycles. The number of aliphatic carboxylic acids is 1. The summed E-state index contributed by atoms with van der Waals surface area (Å²) in [6, 6.07) is 2.73. The van der Waals surface area contributed by atoms with Gasteiger partial charge in [-0.1, -0.05) is 5.16 Å². The average molecular weight is 665 g/mol. The third kappa shape index (κ3) is 7.85. The lowest BCUT2D eigenvalue weighted by molar-refractivity contribution is -0.688. The van der Waals surface area contributed by atoms with Crippen LogP contribution in [0.15, 0.2) is 41.0 Å². The highest BCUT2D eigenvalue weighted by Crippen LogP contribution is 2.40. The van der Waals surface area contributed by atoms with E-state index in [1.165, 1.54) is 37.6 Å². The Balaban J connectivity index is 1.48. The van der Waals surface area contributed by atoms with Gasteiger partial charge < -0.3 is 41.5 Å². The SMILES string of the molecule is COC(=O)C1=C(C[n+]2ccc(NCCNCCO)cc2)CSC2C(NC(=O)/C(=N\OC(C)(C)C(=O)O)c3nsc(N)n3)C(=O)N12. The number of fused-ring (bicyclic) bond motifs is 1. The summed E-state index contributed by atoms with van der Waals surface area (Å²) in [6.07, 6.45) is 3.69. The van der Waals surface area contributed by atoms with Crippen LogP contribution < -0.4 is 26.3 Å². The lowest BCUT2D eigenvalue weighted by atomic mass is 10.0. The number of nitrogen functional groups attached to an aromatic ring is 1. The van der Waals surface area contributed by atoms with Crippen LogP contribution in [-0.2, 0) is 35.3 Å². The third-order valence-electron chi connectivity index (χ3n) is 6.65. The van der Waals surface area contributed by atoms with Gasteiger partial charge in [0.25, 0.3) is 11.8 Å². The van der Waals surface area contributed by atoms with Crippen LogP contribution in [-0.4, -0.2) is 110 Å². The van der Waals surface area contributed by atoms with Crippen molar-refractivity contribution in [2.24, 2.45) is 5.16 Å². The zero-order valence-electron chi connectivity index (χ0n) is 24.7. The molecule has 2 aliphatic heterocycles. The Labute approximate surface area is 266 Å². The minimum Gasteiger partial charge on any atom is -0.478 e. The maximum Gasteiger partial charge on any atom is 0.355 e. The number of aromatic nitrogens is 3. The molecule has 4 rings (SSSR count). The highest BCUT2D eigenvalue weighted by atomic mass is 32.2. The summed E-state index contributed by atoms with van der Waals surface area (Å²) >= 11 is 2.15. The monoisotopic (exact) mass is 664 g/mol.